The maximum atomic E-state index is 13.2. The number of hydrogen-bond acceptors (Lipinski definition) is 7. The van der Waals surface area contributed by atoms with Crippen molar-refractivity contribution in [3.63, 3.8) is 0 Å². The summed E-state index contributed by atoms with van der Waals surface area (Å²) in [5.41, 5.74) is 2.89. The topological polar surface area (TPSA) is 99.0 Å². The van der Waals surface area contributed by atoms with Gasteiger partial charge in [-0.3, -0.25) is 14.3 Å². The molecule has 4 aromatic rings. The third kappa shape index (κ3) is 4.29. The first kappa shape index (κ1) is 22.4. The number of hydrogen-bond donors (Lipinski definition) is 1. The second-order valence-electron chi connectivity index (χ2n) is 7.60. The van der Waals surface area contributed by atoms with Gasteiger partial charge in [0.15, 0.2) is 5.69 Å². The van der Waals surface area contributed by atoms with Gasteiger partial charge in [-0.2, -0.15) is 0 Å². The van der Waals surface area contributed by atoms with Crippen LogP contribution < -0.4 is 10.9 Å². The van der Waals surface area contributed by atoms with Crippen molar-refractivity contribution >= 4 is 34.2 Å². The zero-order valence-electron chi connectivity index (χ0n) is 18.6. The highest BCUT2D eigenvalue weighted by Crippen LogP contribution is 2.27. The highest BCUT2D eigenvalue weighted by Gasteiger charge is 2.21. The lowest BCUT2D eigenvalue weighted by Crippen LogP contribution is -2.22. The molecule has 0 bridgehead atoms. The monoisotopic (exact) mass is 463 g/mol. The molecule has 0 aliphatic carbocycles. The first-order chi connectivity index (χ1) is 15.8. The molecule has 1 N–H and O–H groups in total. The molecule has 0 fully saturated rings. The fourth-order valence-electron chi connectivity index (χ4n) is 3.68. The van der Waals surface area contributed by atoms with Gasteiger partial charge in [0.2, 0.25) is 0 Å². The third-order valence-electron chi connectivity index (χ3n) is 5.27. The molecule has 0 radical (unpaired) electrons. The number of aryl methyl sites for hydroxylation is 1. The standard InChI is InChI=1S/C24H22ClN5O3/c1-13-12-16-20(29-22(30(3)23(16)31)15-8-6-5-7-9-15)19(26-13)14(2)27-17-10-11-18(25)28-21(17)24(32)33-4/h5-12,14,27H,1-4H3/t14-/m1/s1. The summed E-state index contributed by atoms with van der Waals surface area (Å²) in [6, 6.07) is 14.0. The van der Waals surface area contributed by atoms with Gasteiger partial charge in [0.05, 0.1) is 29.9 Å². The minimum atomic E-state index is -0.618. The van der Waals surface area contributed by atoms with Gasteiger partial charge in [-0.15, -0.1) is 0 Å². The van der Waals surface area contributed by atoms with Gasteiger partial charge < -0.3 is 10.1 Å². The molecule has 0 aliphatic rings. The van der Waals surface area contributed by atoms with E-state index < -0.39 is 12.0 Å². The van der Waals surface area contributed by atoms with E-state index in [0.29, 0.717) is 33.8 Å². The molecule has 0 spiro atoms. The predicted molar refractivity (Wildman–Crippen MR) is 128 cm³/mol. The van der Waals surface area contributed by atoms with Crippen molar-refractivity contribution in [2.45, 2.75) is 19.9 Å². The number of carbonyl (C=O) groups excluding carboxylic acids is 1. The van der Waals surface area contributed by atoms with Crippen molar-refractivity contribution in [2.75, 3.05) is 12.4 Å². The van der Waals surface area contributed by atoms with E-state index in [1.54, 1.807) is 25.2 Å². The Morgan fingerprint density at radius 3 is 2.55 bits per heavy atom. The molecule has 0 amide bonds. The number of nitrogens with one attached hydrogen (secondary N) is 1. The average Bonchev–Trinajstić information content (AvgIpc) is 2.82. The van der Waals surface area contributed by atoms with E-state index in [4.69, 9.17) is 21.3 Å². The van der Waals surface area contributed by atoms with Crippen LogP contribution in [-0.4, -0.2) is 32.6 Å². The summed E-state index contributed by atoms with van der Waals surface area (Å²) in [4.78, 5) is 39.0. The molecule has 33 heavy (non-hydrogen) atoms. The smallest absolute Gasteiger partial charge is 0.358 e. The Bertz CT molecular complexity index is 1420. The molecule has 0 unspecified atom stereocenters. The molecule has 0 saturated heterocycles. The zero-order chi connectivity index (χ0) is 23.7. The van der Waals surface area contributed by atoms with Crippen LogP contribution in [0.25, 0.3) is 22.3 Å². The van der Waals surface area contributed by atoms with Crippen LogP contribution in [0.3, 0.4) is 0 Å². The van der Waals surface area contributed by atoms with Crippen molar-refractivity contribution in [1.82, 2.24) is 19.5 Å². The minimum Gasteiger partial charge on any atom is -0.464 e. The van der Waals surface area contributed by atoms with Gasteiger partial charge in [-0.1, -0.05) is 41.9 Å². The number of carbonyl (C=O) groups is 1. The highest BCUT2D eigenvalue weighted by atomic mass is 35.5. The first-order valence-corrected chi connectivity index (χ1v) is 10.6. The Morgan fingerprint density at radius 2 is 1.85 bits per heavy atom. The van der Waals surface area contributed by atoms with Crippen LogP contribution in [0.1, 0.15) is 34.8 Å². The van der Waals surface area contributed by atoms with Crippen molar-refractivity contribution in [3.05, 3.63) is 81.1 Å². The van der Waals surface area contributed by atoms with E-state index in [1.165, 1.54) is 11.7 Å². The largest absolute Gasteiger partial charge is 0.464 e. The van der Waals surface area contributed by atoms with E-state index in [-0.39, 0.29) is 16.4 Å². The van der Waals surface area contributed by atoms with Crippen molar-refractivity contribution in [3.8, 4) is 11.4 Å². The predicted octanol–water partition coefficient (Wildman–Crippen LogP) is 4.31. The Kier molecular flexibility index (Phi) is 6.11. The summed E-state index contributed by atoms with van der Waals surface area (Å²) in [5, 5.41) is 3.89. The summed E-state index contributed by atoms with van der Waals surface area (Å²) < 4.78 is 6.37. The number of benzene rings is 1. The van der Waals surface area contributed by atoms with Gasteiger partial charge in [0, 0.05) is 18.3 Å². The summed E-state index contributed by atoms with van der Waals surface area (Å²) in [5.74, 6) is -0.0803. The minimum absolute atomic E-state index is 0.0580. The lowest BCUT2D eigenvalue weighted by Gasteiger charge is -2.19. The lowest BCUT2D eigenvalue weighted by molar-refractivity contribution is 0.0595. The molecule has 168 valence electrons. The van der Waals surface area contributed by atoms with Crippen LogP contribution >= 0.6 is 11.6 Å². The SMILES string of the molecule is COC(=O)c1nc(Cl)ccc1N[C@H](C)c1nc(C)cc2c(=O)n(C)c(-c3ccccc3)nc12. The summed E-state index contributed by atoms with van der Waals surface area (Å²) in [6.07, 6.45) is 0. The van der Waals surface area contributed by atoms with Crippen LogP contribution in [-0.2, 0) is 11.8 Å². The Balaban J connectivity index is 1.87. The normalized spacial score (nSPS) is 11.9. The van der Waals surface area contributed by atoms with Gasteiger partial charge in [0.1, 0.15) is 16.5 Å². The summed E-state index contributed by atoms with van der Waals surface area (Å²) in [7, 11) is 2.98. The number of methoxy groups -OCH3 is 1. The Hall–Kier alpha value is -3.78. The number of nitrogens with zero attached hydrogens (tertiary/aromatic N) is 4. The highest BCUT2D eigenvalue weighted by molar-refractivity contribution is 6.29. The quantitative estimate of drug-likeness (QED) is 0.347. The van der Waals surface area contributed by atoms with Gasteiger partial charge in [-0.05, 0) is 32.0 Å². The molecule has 8 nitrogen and oxygen atoms in total. The molecule has 0 saturated carbocycles. The van der Waals surface area contributed by atoms with Crippen molar-refractivity contribution in [2.24, 2.45) is 7.05 Å². The van der Waals surface area contributed by atoms with E-state index in [9.17, 15) is 9.59 Å². The number of ether oxygens (including phenoxy) is 1. The molecule has 3 heterocycles. The van der Waals surface area contributed by atoms with Gasteiger partial charge >= 0.3 is 5.97 Å². The van der Waals surface area contributed by atoms with E-state index in [0.717, 1.165) is 5.56 Å². The number of rotatable bonds is 5. The van der Waals surface area contributed by atoms with Crippen LogP contribution in [0.5, 0.6) is 0 Å². The number of anilines is 1. The summed E-state index contributed by atoms with van der Waals surface area (Å²) >= 11 is 5.97. The van der Waals surface area contributed by atoms with Crippen molar-refractivity contribution in [1.29, 1.82) is 0 Å². The molecule has 1 atom stereocenters. The molecule has 0 aliphatic heterocycles. The maximum Gasteiger partial charge on any atom is 0.358 e. The number of esters is 1. The molecule has 3 aromatic heterocycles. The van der Waals surface area contributed by atoms with E-state index in [2.05, 4.69) is 15.3 Å². The average molecular weight is 464 g/mol. The fraction of sp³-hybridized carbons (Fsp3) is 0.208. The molecule has 1 aromatic carbocycles. The molecular formula is C24H22ClN5O3. The van der Waals surface area contributed by atoms with Crippen LogP contribution in [0.4, 0.5) is 5.69 Å². The van der Waals surface area contributed by atoms with Crippen molar-refractivity contribution < 1.29 is 9.53 Å². The maximum absolute atomic E-state index is 13.2. The molecule has 4 rings (SSSR count). The Labute approximate surface area is 195 Å². The van der Waals surface area contributed by atoms with E-state index in [1.807, 2.05) is 44.2 Å². The second kappa shape index (κ2) is 8.99. The van der Waals surface area contributed by atoms with Crippen LogP contribution in [0.15, 0.2) is 53.3 Å². The van der Waals surface area contributed by atoms with Gasteiger partial charge in [-0.25, -0.2) is 14.8 Å². The molecule has 9 heteroatoms. The van der Waals surface area contributed by atoms with Crippen LogP contribution in [0.2, 0.25) is 5.15 Å². The summed E-state index contributed by atoms with van der Waals surface area (Å²) in [6.45, 7) is 3.70. The lowest BCUT2D eigenvalue weighted by atomic mass is 10.1. The van der Waals surface area contributed by atoms with E-state index >= 15 is 0 Å². The fourth-order valence-corrected chi connectivity index (χ4v) is 3.83. The zero-order valence-corrected chi connectivity index (χ0v) is 19.3. The first-order valence-electron chi connectivity index (χ1n) is 10.2. The number of pyridine rings is 2. The number of halogens is 1. The Morgan fingerprint density at radius 1 is 1.12 bits per heavy atom. The van der Waals surface area contributed by atoms with Gasteiger partial charge in [0.25, 0.3) is 5.56 Å². The third-order valence-corrected chi connectivity index (χ3v) is 5.48. The number of fused-ring (bicyclic) bond motifs is 1. The van der Waals surface area contributed by atoms with Crippen LogP contribution in [0, 0.1) is 6.92 Å². The molecular weight excluding hydrogens is 442 g/mol. The number of aromatic nitrogens is 4. The second-order valence-corrected chi connectivity index (χ2v) is 7.99.